The van der Waals surface area contributed by atoms with Crippen molar-refractivity contribution in [2.24, 2.45) is 0 Å². The highest BCUT2D eigenvalue weighted by Crippen LogP contribution is 2.27. The Hall–Kier alpha value is -3.49. The summed E-state index contributed by atoms with van der Waals surface area (Å²) in [6, 6.07) is 3.15. The molecule has 0 radical (unpaired) electrons. The molecule has 0 unspecified atom stereocenters. The first kappa shape index (κ1) is 28.5. The lowest BCUT2D eigenvalue weighted by atomic mass is 10.1. The molecule has 2 atom stereocenters. The second kappa shape index (κ2) is 13.3. The average molecular weight is 477 g/mol. The lowest BCUT2D eigenvalue weighted by Gasteiger charge is -2.33. The Morgan fingerprint density at radius 1 is 1.06 bits per heavy atom. The van der Waals surface area contributed by atoms with Crippen molar-refractivity contribution >= 4 is 18.0 Å². The number of nitrogens with zero attached hydrogens (tertiary/aromatic N) is 1. The highest BCUT2D eigenvalue weighted by Gasteiger charge is 2.35. The van der Waals surface area contributed by atoms with Gasteiger partial charge in [-0.05, 0) is 45.7 Å². The zero-order chi connectivity index (χ0) is 25.9. The number of carbonyl (C=O) groups excluding carboxylic acids is 3. The molecule has 188 valence electrons. The summed E-state index contributed by atoms with van der Waals surface area (Å²) >= 11 is 0. The Morgan fingerprint density at radius 3 is 2.21 bits per heavy atom. The topological polar surface area (TPSA) is 103 Å². The minimum atomic E-state index is -1.02. The quantitative estimate of drug-likeness (QED) is 0.363. The zero-order valence-electron chi connectivity index (χ0n) is 20.9. The number of carbonyl (C=O) groups is 3. The van der Waals surface area contributed by atoms with E-state index in [1.807, 2.05) is 0 Å². The monoisotopic (exact) mass is 476 g/mol. The van der Waals surface area contributed by atoms with E-state index in [2.05, 4.69) is 18.5 Å². The van der Waals surface area contributed by atoms with Crippen molar-refractivity contribution in [2.75, 3.05) is 21.3 Å². The molecular weight excluding hydrogens is 440 g/mol. The summed E-state index contributed by atoms with van der Waals surface area (Å²) in [6.07, 6.45) is 2.54. The van der Waals surface area contributed by atoms with Crippen LogP contribution < -0.4 is 14.8 Å². The molecule has 0 saturated carbocycles. The van der Waals surface area contributed by atoms with Crippen molar-refractivity contribution in [3.05, 3.63) is 49.1 Å². The molecule has 9 heteroatoms. The van der Waals surface area contributed by atoms with Crippen LogP contribution in [-0.2, 0) is 25.6 Å². The van der Waals surface area contributed by atoms with Gasteiger partial charge in [-0.2, -0.15) is 0 Å². The Kier molecular flexibility index (Phi) is 11.1. The molecule has 34 heavy (non-hydrogen) atoms. The SMILES string of the molecule is C=CC[C@H](NC(=O)OC(C)(C)C)C(=O)N(Cc1ccc(OC)cc1OC)[C@@H](CC=C)C(=O)OC. The van der Waals surface area contributed by atoms with Crippen LogP contribution in [0.5, 0.6) is 11.5 Å². The van der Waals surface area contributed by atoms with Crippen molar-refractivity contribution in [2.45, 2.75) is 57.8 Å². The first-order valence-electron chi connectivity index (χ1n) is 10.8. The predicted octanol–water partition coefficient (Wildman–Crippen LogP) is 3.62. The molecule has 0 saturated heterocycles. The summed E-state index contributed by atoms with van der Waals surface area (Å²) in [4.78, 5) is 40.1. The van der Waals surface area contributed by atoms with E-state index < -0.39 is 35.7 Å². The fraction of sp³-hybridized carbons (Fsp3) is 0.480. The average Bonchev–Trinajstić information content (AvgIpc) is 2.78. The van der Waals surface area contributed by atoms with Crippen LogP contribution in [0.3, 0.4) is 0 Å². The third kappa shape index (κ3) is 8.46. The molecule has 0 bridgehead atoms. The summed E-state index contributed by atoms with van der Waals surface area (Å²) < 4.78 is 21.0. The highest BCUT2D eigenvalue weighted by atomic mass is 16.6. The number of hydrogen-bond donors (Lipinski definition) is 1. The van der Waals surface area contributed by atoms with Gasteiger partial charge in [-0.25, -0.2) is 9.59 Å². The van der Waals surface area contributed by atoms with Gasteiger partial charge < -0.3 is 29.2 Å². The first-order valence-corrected chi connectivity index (χ1v) is 10.8. The molecule has 0 fully saturated rings. The normalized spacial score (nSPS) is 12.5. The molecule has 0 heterocycles. The number of rotatable bonds is 12. The number of methoxy groups -OCH3 is 3. The van der Waals surface area contributed by atoms with Crippen molar-refractivity contribution in [3.63, 3.8) is 0 Å². The predicted molar refractivity (Wildman–Crippen MR) is 129 cm³/mol. The van der Waals surface area contributed by atoms with E-state index in [0.29, 0.717) is 17.1 Å². The van der Waals surface area contributed by atoms with Crippen LogP contribution >= 0.6 is 0 Å². The number of amides is 2. The van der Waals surface area contributed by atoms with E-state index in [0.717, 1.165) is 0 Å². The fourth-order valence-electron chi connectivity index (χ4n) is 3.19. The van der Waals surface area contributed by atoms with Crippen molar-refractivity contribution in [1.29, 1.82) is 0 Å². The van der Waals surface area contributed by atoms with Gasteiger partial charge in [0.25, 0.3) is 0 Å². The van der Waals surface area contributed by atoms with Gasteiger partial charge in [-0.15, -0.1) is 13.2 Å². The standard InChI is InChI=1S/C25H36N2O7/c1-9-11-19(26-24(30)34-25(3,4)5)22(28)27(20(12-10-2)23(29)33-8)16-17-13-14-18(31-6)15-21(17)32-7/h9-10,13-15,19-20H,1-2,11-12,16H2,3-8H3,(H,26,30)/t19-,20-/m0/s1. The minimum Gasteiger partial charge on any atom is -0.497 e. The van der Waals surface area contributed by atoms with E-state index in [1.165, 1.54) is 38.4 Å². The van der Waals surface area contributed by atoms with Crippen molar-refractivity contribution in [1.82, 2.24) is 10.2 Å². The summed E-state index contributed by atoms with van der Waals surface area (Å²) in [7, 11) is 4.27. The molecule has 1 rings (SSSR count). The maximum atomic E-state index is 13.7. The van der Waals surface area contributed by atoms with Crippen LogP contribution in [-0.4, -0.2) is 61.9 Å². The molecule has 2 amide bonds. The second-order valence-corrected chi connectivity index (χ2v) is 8.43. The Bertz CT molecular complexity index is 877. The molecule has 0 aliphatic heterocycles. The van der Waals surface area contributed by atoms with Gasteiger partial charge in [0.15, 0.2) is 0 Å². The van der Waals surface area contributed by atoms with Gasteiger partial charge in [-0.3, -0.25) is 4.79 Å². The second-order valence-electron chi connectivity index (χ2n) is 8.43. The van der Waals surface area contributed by atoms with Gasteiger partial charge >= 0.3 is 12.1 Å². The van der Waals surface area contributed by atoms with E-state index >= 15 is 0 Å². The van der Waals surface area contributed by atoms with E-state index in [9.17, 15) is 14.4 Å². The third-order valence-corrected chi connectivity index (χ3v) is 4.75. The molecule has 0 aliphatic rings. The third-order valence-electron chi connectivity index (χ3n) is 4.75. The number of esters is 1. The largest absolute Gasteiger partial charge is 0.497 e. The maximum Gasteiger partial charge on any atom is 0.408 e. The molecule has 0 aliphatic carbocycles. The molecule has 0 spiro atoms. The van der Waals surface area contributed by atoms with Gasteiger partial charge in [0.05, 0.1) is 27.9 Å². The zero-order valence-corrected chi connectivity index (χ0v) is 20.9. The van der Waals surface area contributed by atoms with Gasteiger partial charge in [0.1, 0.15) is 29.2 Å². The lowest BCUT2D eigenvalue weighted by molar-refractivity contribution is -0.154. The molecule has 1 aromatic rings. The Balaban J connectivity index is 3.43. The van der Waals surface area contributed by atoms with E-state index in [-0.39, 0.29) is 19.4 Å². The van der Waals surface area contributed by atoms with Crippen LogP contribution in [0.2, 0.25) is 0 Å². The number of benzene rings is 1. The maximum absolute atomic E-state index is 13.7. The van der Waals surface area contributed by atoms with E-state index in [4.69, 9.17) is 18.9 Å². The summed E-state index contributed by atoms with van der Waals surface area (Å²) in [5.74, 6) is -0.0822. The Morgan fingerprint density at radius 2 is 1.71 bits per heavy atom. The van der Waals surface area contributed by atoms with Crippen molar-refractivity contribution in [3.8, 4) is 11.5 Å². The van der Waals surface area contributed by atoms with Crippen LogP contribution in [0.15, 0.2) is 43.5 Å². The summed E-state index contributed by atoms with van der Waals surface area (Å²) in [5, 5.41) is 2.59. The molecule has 9 nitrogen and oxygen atoms in total. The minimum absolute atomic E-state index is 0.00322. The van der Waals surface area contributed by atoms with Gasteiger partial charge in [0.2, 0.25) is 5.91 Å². The summed E-state index contributed by atoms with van der Waals surface area (Å²) in [6.45, 7) is 12.5. The van der Waals surface area contributed by atoms with Crippen LogP contribution in [0.1, 0.15) is 39.2 Å². The summed E-state index contributed by atoms with van der Waals surface area (Å²) in [5.41, 5.74) is -0.122. The van der Waals surface area contributed by atoms with Crippen LogP contribution in [0, 0.1) is 0 Å². The number of nitrogens with one attached hydrogen (secondary N) is 1. The molecule has 0 aromatic heterocycles. The molecule has 1 N–H and O–H groups in total. The van der Waals surface area contributed by atoms with Gasteiger partial charge in [-0.1, -0.05) is 12.2 Å². The van der Waals surface area contributed by atoms with Crippen LogP contribution in [0.25, 0.3) is 0 Å². The van der Waals surface area contributed by atoms with Gasteiger partial charge in [0, 0.05) is 11.6 Å². The Labute approximate surface area is 201 Å². The number of alkyl carbamates (subject to hydrolysis) is 1. The van der Waals surface area contributed by atoms with E-state index in [1.54, 1.807) is 39.0 Å². The molecule has 1 aromatic carbocycles. The first-order chi connectivity index (χ1) is 16.0. The highest BCUT2D eigenvalue weighted by molar-refractivity contribution is 5.90. The van der Waals surface area contributed by atoms with Crippen molar-refractivity contribution < 1.29 is 33.3 Å². The lowest BCUT2D eigenvalue weighted by Crippen LogP contribution is -2.54. The smallest absolute Gasteiger partial charge is 0.408 e. The number of hydrogen-bond acceptors (Lipinski definition) is 7. The van der Waals surface area contributed by atoms with Crippen LogP contribution in [0.4, 0.5) is 4.79 Å². The molecular formula is C25H36N2O7. The fourth-order valence-corrected chi connectivity index (χ4v) is 3.19. The number of ether oxygens (including phenoxy) is 4.